The summed E-state index contributed by atoms with van der Waals surface area (Å²) in [6.45, 7) is 3.09. The zero-order valence-corrected chi connectivity index (χ0v) is 12.5. The minimum atomic E-state index is -0.530. The van der Waals surface area contributed by atoms with E-state index in [0.717, 1.165) is 24.8 Å². The molecule has 2 N–H and O–H groups in total. The van der Waals surface area contributed by atoms with Gasteiger partial charge in [0.2, 0.25) is 11.8 Å². The quantitative estimate of drug-likeness (QED) is 0.895. The minimum absolute atomic E-state index is 0.158. The Hall–Kier alpha value is -1.55. The standard InChI is InChI=1S/C15H19ClN2O2/c1-10(17-11(2)19)14(20)18-15(8-3-9-15)12-4-6-13(16)7-5-12/h4-7,10H,3,8-9H2,1-2H3,(H,17,19)(H,18,20)/t10-/m1/s1. The third-order valence-electron chi connectivity index (χ3n) is 3.78. The molecule has 0 aliphatic heterocycles. The first-order valence-corrected chi connectivity index (χ1v) is 7.16. The molecule has 1 fully saturated rings. The van der Waals surface area contributed by atoms with E-state index in [9.17, 15) is 9.59 Å². The van der Waals surface area contributed by atoms with Crippen molar-refractivity contribution in [2.45, 2.75) is 44.7 Å². The van der Waals surface area contributed by atoms with Gasteiger partial charge < -0.3 is 10.6 Å². The van der Waals surface area contributed by atoms with Crippen LogP contribution in [0.4, 0.5) is 0 Å². The Morgan fingerprint density at radius 1 is 1.25 bits per heavy atom. The van der Waals surface area contributed by atoms with Gasteiger partial charge in [0.05, 0.1) is 5.54 Å². The van der Waals surface area contributed by atoms with Crippen molar-refractivity contribution in [3.63, 3.8) is 0 Å². The van der Waals surface area contributed by atoms with Crippen molar-refractivity contribution >= 4 is 23.4 Å². The summed E-state index contributed by atoms with van der Waals surface area (Å²) in [5.41, 5.74) is 0.755. The molecule has 1 aliphatic rings. The van der Waals surface area contributed by atoms with Gasteiger partial charge in [0.15, 0.2) is 0 Å². The Labute approximate surface area is 123 Å². The number of amides is 2. The van der Waals surface area contributed by atoms with Crippen molar-refractivity contribution < 1.29 is 9.59 Å². The van der Waals surface area contributed by atoms with Crippen LogP contribution in [0.25, 0.3) is 0 Å². The monoisotopic (exact) mass is 294 g/mol. The van der Waals surface area contributed by atoms with E-state index in [0.29, 0.717) is 5.02 Å². The van der Waals surface area contributed by atoms with Crippen LogP contribution in [0.5, 0.6) is 0 Å². The molecule has 0 unspecified atom stereocenters. The SMILES string of the molecule is CC(=O)N[C@H](C)C(=O)NC1(c2ccc(Cl)cc2)CCC1. The van der Waals surface area contributed by atoms with Crippen LogP contribution in [-0.2, 0) is 15.1 Å². The number of carbonyl (C=O) groups excluding carboxylic acids is 2. The van der Waals surface area contributed by atoms with Gasteiger partial charge in [-0.1, -0.05) is 23.7 Å². The Morgan fingerprint density at radius 3 is 2.30 bits per heavy atom. The summed E-state index contributed by atoms with van der Waals surface area (Å²) in [7, 11) is 0. The maximum atomic E-state index is 12.2. The summed E-state index contributed by atoms with van der Waals surface area (Å²) in [5, 5.41) is 6.36. The lowest BCUT2D eigenvalue weighted by atomic mass is 9.71. The van der Waals surface area contributed by atoms with E-state index in [4.69, 9.17) is 11.6 Å². The van der Waals surface area contributed by atoms with Gasteiger partial charge in [-0.05, 0) is 43.9 Å². The Balaban J connectivity index is 2.10. The van der Waals surface area contributed by atoms with Crippen molar-refractivity contribution in [3.05, 3.63) is 34.9 Å². The van der Waals surface area contributed by atoms with E-state index >= 15 is 0 Å². The topological polar surface area (TPSA) is 58.2 Å². The summed E-state index contributed by atoms with van der Waals surface area (Å²) < 4.78 is 0. The van der Waals surface area contributed by atoms with Crippen LogP contribution >= 0.6 is 11.6 Å². The number of carbonyl (C=O) groups is 2. The fraction of sp³-hybridized carbons (Fsp3) is 0.467. The van der Waals surface area contributed by atoms with Gasteiger partial charge in [0.25, 0.3) is 0 Å². The van der Waals surface area contributed by atoms with Crippen LogP contribution in [0.1, 0.15) is 38.7 Å². The molecule has 0 aromatic heterocycles. The average molecular weight is 295 g/mol. The lowest BCUT2D eigenvalue weighted by Gasteiger charge is -2.43. The third-order valence-corrected chi connectivity index (χ3v) is 4.03. The molecule has 2 rings (SSSR count). The van der Waals surface area contributed by atoms with E-state index in [-0.39, 0.29) is 17.4 Å². The van der Waals surface area contributed by atoms with E-state index in [1.54, 1.807) is 6.92 Å². The largest absolute Gasteiger partial charge is 0.345 e. The van der Waals surface area contributed by atoms with Crippen molar-refractivity contribution in [2.75, 3.05) is 0 Å². The molecule has 1 aromatic carbocycles. The second-order valence-corrected chi connectivity index (χ2v) is 5.79. The summed E-state index contributed by atoms with van der Waals surface area (Å²) in [6, 6.07) is 7.04. The van der Waals surface area contributed by atoms with Gasteiger partial charge in [-0.15, -0.1) is 0 Å². The second-order valence-electron chi connectivity index (χ2n) is 5.35. The first-order chi connectivity index (χ1) is 9.43. The zero-order chi connectivity index (χ0) is 14.8. The Kier molecular flexibility index (Phi) is 4.33. The van der Waals surface area contributed by atoms with Crippen LogP contribution in [0.2, 0.25) is 5.02 Å². The molecule has 1 aliphatic carbocycles. The lowest BCUT2D eigenvalue weighted by molar-refractivity contribution is -0.129. The highest BCUT2D eigenvalue weighted by Gasteiger charge is 2.40. The third kappa shape index (κ3) is 3.12. The van der Waals surface area contributed by atoms with Gasteiger partial charge in [-0.3, -0.25) is 9.59 Å². The average Bonchev–Trinajstić information content (AvgIpc) is 2.34. The highest BCUT2D eigenvalue weighted by Crippen LogP contribution is 2.41. The fourth-order valence-corrected chi connectivity index (χ4v) is 2.63. The first kappa shape index (κ1) is 14.9. The van der Waals surface area contributed by atoms with Gasteiger partial charge in [-0.25, -0.2) is 0 Å². The van der Waals surface area contributed by atoms with E-state index < -0.39 is 6.04 Å². The molecular weight excluding hydrogens is 276 g/mol. The van der Waals surface area contributed by atoms with Gasteiger partial charge >= 0.3 is 0 Å². The van der Waals surface area contributed by atoms with Crippen LogP contribution in [0.3, 0.4) is 0 Å². The fourth-order valence-electron chi connectivity index (χ4n) is 2.50. The van der Waals surface area contributed by atoms with E-state index in [1.807, 2.05) is 24.3 Å². The molecular formula is C15H19ClN2O2. The van der Waals surface area contributed by atoms with Crippen molar-refractivity contribution in [1.29, 1.82) is 0 Å². The lowest BCUT2D eigenvalue weighted by Crippen LogP contribution is -2.55. The molecule has 108 valence electrons. The molecule has 0 radical (unpaired) electrons. The first-order valence-electron chi connectivity index (χ1n) is 6.78. The molecule has 1 saturated carbocycles. The van der Waals surface area contributed by atoms with Gasteiger partial charge in [0, 0.05) is 11.9 Å². The number of nitrogens with one attached hydrogen (secondary N) is 2. The highest BCUT2D eigenvalue weighted by molar-refractivity contribution is 6.30. The summed E-state index contributed by atoms with van der Waals surface area (Å²) >= 11 is 5.90. The Morgan fingerprint density at radius 2 is 1.85 bits per heavy atom. The van der Waals surface area contributed by atoms with Gasteiger partial charge in [-0.2, -0.15) is 0 Å². The van der Waals surface area contributed by atoms with Crippen molar-refractivity contribution in [2.24, 2.45) is 0 Å². The molecule has 5 heteroatoms. The molecule has 4 nitrogen and oxygen atoms in total. The minimum Gasteiger partial charge on any atom is -0.345 e. The van der Waals surface area contributed by atoms with Gasteiger partial charge in [0.1, 0.15) is 6.04 Å². The molecule has 2 amide bonds. The molecule has 1 atom stereocenters. The molecule has 0 heterocycles. The number of benzene rings is 1. The molecule has 1 aromatic rings. The number of rotatable bonds is 4. The summed E-state index contributed by atoms with van der Waals surface area (Å²) in [4.78, 5) is 23.2. The maximum absolute atomic E-state index is 12.2. The highest BCUT2D eigenvalue weighted by atomic mass is 35.5. The van der Waals surface area contributed by atoms with E-state index in [1.165, 1.54) is 6.92 Å². The van der Waals surface area contributed by atoms with Crippen LogP contribution < -0.4 is 10.6 Å². The predicted molar refractivity (Wildman–Crippen MR) is 78.4 cm³/mol. The number of halogens is 1. The summed E-state index contributed by atoms with van der Waals surface area (Å²) in [5.74, 6) is -0.364. The van der Waals surface area contributed by atoms with Crippen LogP contribution in [-0.4, -0.2) is 17.9 Å². The van der Waals surface area contributed by atoms with Crippen molar-refractivity contribution in [1.82, 2.24) is 10.6 Å². The second kappa shape index (κ2) is 5.83. The normalized spacial score (nSPS) is 17.8. The smallest absolute Gasteiger partial charge is 0.242 e. The molecule has 0 spiro atoms. The summed E-state index contributed by atoms with van der Waals surface area (Å²) in [6.07, 6.45) is 2.90. The van der Waals surface area contributed by atoms with Crippen LogP contribution in [0, 0.1) is 0 Å². The number of hydrogen-bond acceptors (Lipinski definition) is 2. The number of hydrogen-bond donors (Lipinski definition) is 2. The maximum Gasteiger partial charge on any atom is 0.242 e. The molecule has 20 heavy (non-hydrogen) atoms. The van der Waals surface area contributed by atoms with Crippen LogP contribution in [0.15, 0.2) is 24.3 Å². The molecule has 0 bridgehead atoms. The van der Waals surface area contributed by atoms with E-state index in [2.05, 4.69) is 10.6 Å². The van der Waals surface area contributed by atoms with Crippen molar-refractivity contribution in [3.8, 4) is 0 Å². The predicted octanol–water partition coefficient (Wildman–Crippen LogP) is 2.36. The molecule has 0 saturated heterocycles. The Bertz CT molecular complexity index is 509. The zero-order valence-electron chi connectivity index (χ0n) is 11.7.